The number of benzene rings is 2. The second kappa shape index (κ2) is 7.53. The highest BCUT2D eigenvalue weighted by Crippen LogP contribution is 2.37. The molecule has 4 rings (SSSR count). The van der Waals surface area contributed by atoms with Crippen molar-refractivity contribution in [3.8, 4) is 11.5 Å². The first-order chi connectivity index (χ1) is 13.4. The maximum absolute atomic E-state index is 12.9. The monoisotopic (exact) mass is 420 g/mol. The van der Waals surface area contributed by atoms with Gasteiger partial charge in [0.2, 0.25) is 18.6 Å². The van der Waals surface area contributed by atoms with Crippen molar-refractivity contribution in [3.63, 3.8) is 0 Å². The van der Waals surface area contributed by atoms with Gasteiger partial charge in [-0.05, 0) is 23.8 Å². The highest BCUT2D eigenvalue weighted by Gasteiger charge is 2.37. The summed E-state index contributed by atoms with van der Waals surface area (Å²) in [5.41, 5.74) is 1.46. The van der Waals surface area contributed by atoms with Gasteiger partial charge in [0.25, 0.3) is 0 Å². The van der Waals surface area contributed by atoms with E-state index in [2.05, 4.69) is 0 Å². The second-order valence-electron chi connectivity index (χ2n) is 6.85. The smallest absolute Gasteiger partial charge is 0.231 e. The lowest BCUT2D eigenvalue weighted by Gasteiger charge is -2.22. The summed E-state index contributed by atoms with van der Waals surface area (Å²) in [6, 6.07) is 10.7. The van der Waals surface area contributed by atoms with E-state index in [0.29, 0.717) is 40.3 Å². The minimum atomic E-state index is -0.416. The number of hydrogen-bond acceptors (Lipinski definition) is 4. The lowest BCUT2D eigenvalue weighted by atomic mass is 10.1. The molecule has 0 aliphatic carbocycles. The van der Waals surface area contributed by atoms with E-state index in [0.717, 1.165) is 5.56 Å². The van der Waals surface area contributed by atoms with Crippen LogP contribution in [0, 0.1) is 5.92 Å². The predicted octanol–water partition coefficient (Wildman–Crippen LogP) is 3.73. The third kappa shape index (κ3) is 3.50. The summed E-state index contributed by atoms with van der Waals surface area (Å²) in [5.74, 6) is 0.647. The highest BCUT2D eigenvalue weighted by molar-refractivity contribution is 6.42. The SMILES string of the molecule is CN(Cc1cccc(Cl)c1Cl)C(=O)C1CC(=O)N(c2ccc3c(c2)OCO3)C1. The van der Waals surface area contributed by atoms with E-state index in [4.69, 9.17) is 32.7 Å². The van der Waals surface area contributed by atoms with Gasteiger partial charge in [0.1, 0.15) is 0 Å². The molecular weight excluding hydrogens is 403 g/mol. The molecule has 2 aliphatic rings. The summed E-state index contributed by atoms with van der Waals surface area (Å²) in [5, 5.41) is 0.887. The Morgan fingerprint density at radius 1 is 1.21 bits per heavy atom. The van der Waals surface area contributed by atoms with E-state index >= 15 is 0 Å². The van der Waals surface area contributed by atoms with Crippen LogP contribution < -0.4 is 14.4 Å². The predicted molar refractivity (Wildman–Crippen MR) is 106 cm³/mol. The van der Waals surface area contributed by atoms with Gasteiger partial charge >= 0.3 is 0 Å². The Balaban J connectivity index is 1.45. The fraction of sp³-hybridized carbons (Fsp3) is 0.300. The first-order valence-corrected chi connectivity index (χ1v) is 9.57. The third-order valence-electron chi connectivity index (χ3n) is 4.96. The molecule has 0 N–H and O–H groups in total. The number of carbonyl (C=O) groups excluding carboxylic acids is 2. The van der Waals surface area contributed by atoms with Crippen LogP contribution >= 0.6 is 23.2 Å². The summed E-state index contributed by atoms with van der Waals surface area (Å²) in [6.45, 7) is 0.822. The van der Waals surface area contributed by atoms with Crippen molar-refractivity contribution in [2.75, 3.05) is 25.3 Å². The zero-order valence-electron chi connectivity index (χ0n) is 15.2. The van der Waals surface area contributed by atoms with Gasteiger partial charge < -0.3 is 19.3 Å². The Kier molecular flexibility index (Phi) is 5.08. The molecule has 146 valence electrons. The fourth-order valence-corrected chi connectivity index (χ4v) is 3.87. The van der Waals surface area contributed by atoms with Gasteiger partial charge in [-0.2, -0.15) is 0 Å². The molecule has 28 heavy (non-hydrogen) atoms. The molecule has 1 saturated heterocycles. The van der Waals surface area contributed by atoms with Gasteiger partial charge in [0.05, 0.1) is 16.0 Å². The average Bonchev–Trinajstić information content (AvgIpc) is 3.30. The normalized spacial score (nSPS) is 17.9. The van der Waals surface area contributed by atoms with Gasteiger partial charge in [0, 0.05) is 38.3 Å². The van der Waals surface area contributed by atoms with Crippen LogP contribution in [-0.4, -0.2) is 37.1 Å². The molecule has 1 unspecified atom stereocenters. The van der Waals surface area contributed by atoms with Gasteiger partial charge in [-0.25, -0.2) is 0 Å². The number of hydrogen-bond donors (Lipinski definition) is 0. The van der Waals surface area contributed by atoms with E-state index in [9.17, 15) is 9.59 Å². The van der Waals surface area contributed by atoms with E-state index < -0.39 is 5.92 Å². The van der Waals surface area contributed by atoms with Crippen molar-refractivity contribution >= 4 is 40.7 Å². The van der Waals surface area contributed by atoms with Crippen LogP contribution in [0.4, 0.5) is 5.69 Å². The molecule has 2 aromatic rings. The molecule has 0 aromatic heterocycles. The minimum absolute atomic E-state index is 0.0913. The topological polar surface area (TPSA) is 59.1 Å². The molecular formula is C20H18Cl2N2O4. The van der Waals surface area contributed by atoms with Crippen LogP contribution in [0.15, 0.2) is 36.4 Å². The van der Waals surface area contributed by atoms with Crippen LogP contribution in [-0.2, 0) is 16.1 Å². The molecule has 2 amide bonds. The van der Waals surface area contributed by atoms with Crippen molar-refractivity contribution in [1.82, 2.24) is 4.90 Å². The van der Waals surface area contributed by atoms with Gasteiger partial charge in [-0.15, -0.1) is 0 Å². The third-order valence-corrected chi connectivity index (χ3v) is 5.82. The average molecular weight is 421 g/mol. The van der Waals surface area contributed by atoms with Crippen LogP contribution in [0.25, 0.3) is 0 Å². The zero-order chi connectivity index (χ0) is 19.8. The molecule has 0 saturated carbocycles. The van der Waals surface area contributed by atoms with Crippen LogP contribution in [0.3, 0.4) is 0 Å². The molecule has 8 heteroatoms. The van der Waals surface area contributed by atoms with Gasteiger partial charge in [0.15, 0.2) is 11.5 Å². The number of nitrogens with zero attached hydrogens (tertiary/aromatic N) is 2. The van der Waals surface area contributed by atoms with E-state index in [1.54, 1.807) is 47.2 Å². The Morgan fingerprint density at radius 2 is 2.00 bits per heavy atom. The summed E-state index contributed by atoms with van der Waals surface area (Å²) in [6.07, 6.45) is 0.168. The number of amides is 2. The first-order valence-electron chi connectivity index (χ1n) is 8.82. The van der Waals surface area contributed by atoms with Crippen molar-refractivity contribution < 1.29 is 19.1 Å². The number of anilines is 1. The maximum Gasteiger partial charge on any atom is 0.231 e. The Hall–Kier alpha value is -2.44. The molecule has 1 fully saturated rings. The van der Waals surface area contributed by atoms with Gasteiger partial charge in [-0.1, -0.05) is 35.3 Å². The first kappa shape index (κ1) is 18.9. The molecule has 2 aromatic carbocycles. The van der Waals surface area contributed by atoms with Crippen LogP contribution in [0.5, 0.6) is 11.5 Å². The Labute approximate surface area is 172 Å². The van der Waals surface area contributed by atoms with E-state index in [1.165, 1.54) is 0 Å². The molecule has 0 bridgehead atoms. The molecule has 0 spiro atoms. The van der Waals surface area contributed by atoms with Crippen LogP contribution in [0.1, 0.15) is 12.0 Å². The number of halogens is 2. The summed E-state index contributed by atoms with van der Waals surface area (Å²) >= 11 is 12.3. The zero-order valence-corrected chi connectivity index (χ0v) is 16.7. The lowest BCUT2D eigenvalue weighted by molar-refractivity contribution is -0.135. The largest absolute Gasteiger partial charge is 0.454 e. The minimum Gasteiger partial charge on any atom is -0.454 e. The molecule has 1 atom stereocenters. The summed E-state index contributed by atoms with van der Waals surface area (Å²) in [7, 11) is 1.70. The lowest BCUT2D eigenvalue weighted by Crippen LogP contribution is -2.34. The van der Waals surface area contributed by atoms with Crippen molar-refractivity contribution in [3.05, 3.63) is 52.0 Å². The second-order valence-corrected chi connectivity index (χ2v) is 7.64. The standard InChI is InChI=1S/C20H18Cl2N2O4/c1-23(9-12-3-2-4-15(21)19(12)22)20(26)13-7-18(25)24(10-13)14-5-6-16-17(8-14)28-11-27-16/h2-6,8,13H,7,9-11H2,1H3. The Bertz CT molecular complexity index is 950. The van der Waals surface area contributed by atoms with Crippen LogP contribution in [0.2, 0.25) is 10.0 Å². The van der Waals surface area contributed by atoms with Crippen molar-refractivity contribution in [1.29, 1.82) is 0 Å². The van der Waals surface area contributed by atoms with Gasteiger partial charge in [-0.3, -0.25) is 9.59 Å². The fourth-order valence-electron chi connectivity index (χ4n) is 3.49. The highest BCUT2D eigenvalue weighted by atomic mass is 35.5. The number of fused-ring (bicyclic) bond motifs is 1. The number of carbonyl (C=O) groups is 2. The number of ether oxygens (including phenoxy) is 2. The number of rotatable bonds is 4. The summed E-state index contributed by atoms with van der Waals surface area (Å²) in [4.78, 5) is 28.6. The molecule has 0 radical (unpaired) electrons. The van der Waals surface area contributed by atoms with Crippen molar-refractivity contribution in [2.45, 2.75) is 13.0 Å². The van der Waals surface area contributed by atoms with E-state index in [1.807, 2.05) is 6.07 Å². The summed E-state index contributed by atoms with van der Waals surface area (Å²) < 4.78 is 10.7. The molecule has 6 nitrogen and oxygen atoms in total. The van der Waals surface area contributed by atoms with E-state index in [-0.39, 0.29) is 25.0 Å². The molecule has 2 heterocycles. The maximum atomic E-state index is 12.9. The quantitative estimate of drug-likeness (QED) is 0.755. The Morgan fingerprint density at radius 3 is 2.82 bits per heavy atom. The molecule has 2 aliphatic heterocycles. The van der Waals surface area contributed by atoms with Crippen molar-refractivity contribution in [2.24, 2.45) is 5.92 Å².